The van der Waals surface area contributed by atoms with Crippen LogP contribution in [-0.4, -0.2) is 20.7 Å². The van der Waals surface area contributed by atoms with E-state index in [1.165, 1.54) is 0 Å². The van der Waals surface area contributed by atoms with E-state index >= 15 is 0 Å². The Kier molecular flexibility index (Phi) is 3.24. The van der Waals surface area contributed by atoms with Gasteiger partial charge in [-0.05, 0) is 6.92 Å². The molecule has 0 fully saturated rings. The molecular formula is C4H3B2N2Re-. The van der Waals surface area contributed by atoms with Crippen LogP contribution in [0.1, 0.15) is 5.69 Å². The maximum atomic E-state index is 5.29. The third-order valence-electron chi connectivity index (χ3n) is 0.888. The molecule has 0 saturated carbocycles. The molecule has 0 atom stereocenters. The van der Waals surface area contributed by atoms with E-state index in [1.54, 1.807) is 6.92 Å². The van der Waals surface area contributed by atoms with Gasteiger partial charge in [-0.25, -0.2) is 0 Å². The van der Waals surface area contributed by atoms with E-state index in [0.717, 1.165) is 0 Å². The van der Waals surface area contributed by atoms with Crippen LogP contribution in [0.2, 0.25) is 0 Å². The summed E-state index contributed by atoms with van der Waals surface area (Å²) in [6, 6.07) is 0. The van der Waals surface area contributed by atoms with Crippen molar-refractivity contribution in [3.8, 4) is 0 Å². The first-order chi connectivity index (χ1) is 3.70. The molecule has 0 saturated heterocycles. The molecule has 1 aromatic rings. The van der Waals surface area contributed by atoms with Gasteiger partial charge in [0.2, 0.25) is 0 Å². The fourth-order valence-corrected chi connectivity index (χ4v) is 0.458. The molecule has 0 bridgehead atoms. The van der Waals surface area contributed by atoms with E-state index in [4.69, 9.17) is 15.7 Å². The van der Waals surface area contributed by atoms with E-state index in [-0.39, 0.29) is 26.1 Å². The summed E-state index contributed by atoms with van der Waals surface area (Å²) in [5, 5.41) is 0. The van der Waals surface area contributed by atoms with Gasteiger partial charge >= 0.3 is 0 Å². The topological polar surface area (TPSA) is 27.0 Å². The summed E-state index contributed by atoms with van der Waals surface area (Å²) in [6.07, 6.45) is 0. The van der Waals surface area contributed by atoms with Crippen LogP contribution in [0.5, 0.6) is 0 Å². The monoisotopic (exact) mass is 288 g/mol. The average Bonchev–Trinajstić information content (AvgIpc) is 1.85. The average molecular weight is 287 g/mol. The zero-order chi connectivity index (χ0) is 6.15. The minimum absolute atomic E-state index is 0. The molecule has 5 heteroatoms. The van der Waals surface area contributed by atoms with E-state index in [2.05, 4.69) is 9.97 Å². The van der Waals surface area contributed by atoms with Crippen molar-refractivity contribution in [2.75, 3.05) is 0 Å². The molecular weight excluding hydrogens is 284 g/mol. The van der Waals surface area contributed by atoms with Crippen LogP contribution in [0, 0.1) is 6.92 Å². The molecule has 1 heterocycles. The Hall–Kier alpha value is 0.00221. The fraction of sp³-hybridized carbons (Fsp3) is 0.250. The minimum atomic E-state index is 0. The SMILES string of the molecule is [B]c1nc([B])c(C)[n-]1.[Re]. The van der Waals surface area contributed by atoms with Crippen molar-refractivity contribution < 1.29 is 20.4 Å². The normalized spacial score (nSPS) is 8.56. The zero-order valence-corrected chi connectivity index (χ0v) is 7.64. The van der Waals surface area contributed by atoms with Gasteiger partial charge in [0.1, 0.15) is 15.7 Å². The van der Waals surface area contributed by atoms with Crippen molar-refractivity contribution in [2.24, 2.45) is 0 Å². The smallest absolute Gasteiger partial charge is 0.107 e. The summed E-state index contributed by atoms with van der Waals surface area (Å²) in [5.74, 6) is 0. The van der Waals surface area contributed by atoms with Crippen LogP contribution >= 0.6 is 0 Å². The molecule has 0 N–H and O–H groups in total. The Morgan fingerprint density at radius 1 is 1.44 bits per heavy atom. The predicted molar refractivity (Wildman–Crippen MR) is 33.1 cm³/mol. The number of hydrogen-bond acceptors (Lipinski definition) is 1. The van der Waals surface area contributed by atoms with E-state index < -0.39 is 0 Å². The Morgan fingerprint density at radius 2 is 2.00 bits per heavy atom. The quantitative estimate of drug-likeness (QED) is 0.513. The van der Waals surface area contributed by atoms with E-state index in [0.29, 0.717) is 11.3 Å². The van der Waals surface area contributed by atoms with Crippen molar-refractivity contribution in [3.05, 3.63) is 5.69 Å². The maximum absolute atomic E-state index is 5.29. The molecule has 0 aromatic carbocycles. The summed E-state index contributed by atoms with van der Waals surface area (Å²) < 4.78 is 0. The minimum Gasteiger partial charge on any atom is -0.464 e. The fourth-order valence-electron chi connectivity index (χ4n) is 0.458. The molecule has 1 rings (SSSR count). The van der Waals surface area contributed by atoms with Gasteiger partial charge in [-0.3, -0.25) is 0 Å². The second-order valence-electron chi connectivity index (χ2n) is 1.55. The summed E-state index contributed by atoms with van der Waals surface area (Å²) in [7, 11) is 10.5. The van der Waals surface area contributed by atoms with Crippen molar-refractivity contribution in [2.45, 2.75) is 6.92 Å². The van der Waals surface area contributed by atoms with Crippen molar-refractivity contribution in [1.29, 1.82) is 0 Å². The van der Waals surface area contributed by atoms with Crippen molar-refractivity contribution in [3.63, 3.8) is 0 Å². The van der Waals surface area contributed by atoms with Crippen molar-refractivity contribution >= 4 is 27.0 Å². The van der Waals surface area contributed by atoms with Gasteiger partial charge in [-0.2, -0.15) is 0 Å². The van der Waals surface area contributed by atoms with Crippen LogP contribution in [-0.2, 0) is 20.4 Å². The first-order valence-corrected chi connectivity index (χ1v) is 2.22. The Balaban J connectivity index is 0.000000640. The van der Waals surface area contributed by atoms with Gasteiger partial charge < -0.3 is 9.97 Å². The molecule has 0 aliphatic carbocycles. The van der Waals surface area contributed by atoms with Gasteiger partial charge in [-0.15, -0.1) is 11.3 Å². The zero-order valence-electron chi connectivity index (χ0n) is 4.93. The third-order valence-corrected chi connectivity index (χ3v) is 0.888. The first-order valence-electron chi connectivity index (χ1n) is 2.22. The second-order valence-corrected chi connectivity index (χ2v) is 1.55. The largest absolute Gasteiger partial charge is 0.464 e. The molecule has 1 aromatic heterocycles. The molecule has 0 unspecified atom stereocenters. The maximum Gasteiger partial charge on any atom is 0.107 e. The van der Waals surface area contributed by atoms with Gasteiger partial charge in [-0.1, -0.05) is 5.69 Å². The third kappa shape index (κ3) is 2.00. The Bertz CT molecular complexity index is 179. The molecule has 2 nitrogen and oxygen atoms in total. The van der Waals surface area contributed by atoms with E-state index in [1.807, 2.05) is 0 Å². The van der Waals surface area contributed by atoms with Crippen LogP contribution < -0.4 is 16.3 Å². The van der Waals surface area contributed by atoms with Crippen molar-refractivity contribution in [1.82, 2.24) is 9.97 Å². The van der Waals surface area contributed by atoms with Crippen LogP contribution in [0.3, 0.4) is 0 Å². The van der Waals surface area contributed by atoms with Gasteiger partial charge in [0.05, 0.1) is 0 Å². The Morgan fingerprint density at radius 3 is 2.11 bits per heavy atom. The summed E-state index contributed by atoms with van der Waals surface area (Å²) >= 11 is 0. The summed E-state index contributed by atoms with van der Waals surface area (Å²) in [6.45, 7) is 1.76. The number of aromatic nitrogens is 2. The van der Waals surface area contributed by atoms with E-state index in [9.17, 15) is 0 Å². The molecule has 0 amide bonds. The molecule has 0 spiro atoms. The van der Waals surface area contributed by atoms with Crippen LogP contribution in [0.25, 0.3) is 0 Å². The number of aryl methyl sites for hydroxylation is 1. The van der Waals surface area contributed by atoms with Crippen LogP contribution in [0.15, 0.2) is 0 Å². The number of hydrogen-bond donors (Lipinski definition) is 0. The van der Waals surface area contributed by atoms with Gasteiger partial charge in [0.25, 0.3) is 0 Å². The standard InChI is InChI=1S/C4H3B2N2.Re/c1-2-3(5)8-4(6)7-2;/h1H3;/q-1;. The molecule has 0 aliphatic rings. The molecule has 9 heavy (non-hydrogen) atoms. The Labute approximate surface area is 70.3 Å². The number of imidazole rings is 1. The molecule has 0 aliphatic heterocycles. The van der Waals surface area contributed by atoms with Gasteiger partial charge in [0.15, 0.2) is 0 Å². The second kappa shape index (κ2) is 3.24. The predicted octanol–water partition coefficient (Wildman–Crippen LogP) is -2.07. The molecule has 43 valence electrons. The number of rotatable bonds is 0. The van der Waals surface area contributed by atoms with Crippen LogP contribution in [0.4, 0.5) is 0 Å². The molecule has 5 radical (unpaired) electrons. The number of nitrogens with zero attached hydrogens (tertiary/aromatic N) is 2. The summed E-state index contributed by atoms with van der Waals surface area (Å²) in [5.41, 5.74) is 1.37. The summed E-state index contributed by atoms with van der Waals surface area (Å²) in [4.78, 5) is 7.41. The first kappa shape index (κ1) is 9.00. The van der Waals surface area contributed by atoms with Gasteiger partial charge in [0, 0.05) is 20.4 Å².